The molecular formula is C13H19N3O4. The molecule has 1 rings (SSSR count). The van der Waals surface area contributed by atoms with Crippen LogP contribution in [0.25, 0.3) is 0 Å². The molecule has 0 spiro atoms. The summed E-state index contributed by atoms with van der Waals surface area (Å²) in [5, 5.41) is 16.5. The SMILES string of the molecule is CNC(=O)C(Nc1ccc([N+](=O)[O-])c(OC)c1)C(C)C. The molecule has 0 aromatic heterocycles. The van der Waals surface area contributed by atoms with Crippen molar-refractivity contribution in [2.75, 3.05) is 19.5 Å². The number of likely N-dealkylation sites (N-methyl/N-ethyl adjacent to an activating group) is 1. The molecule has 0 aliphatic heterocycles. The highest BCUT2D eigenvalue weighted by molar-refractivity contribution is 5.84. The third-order valence-electron chi connectivity index (χ3n) is 2.89. The van der Waals surface area contributed by atoms with Gasteiger partial charge in [0.2, 0.25) is 5.91 Å². The average molecular weight is 281 g/mol. The smallest absolute Gasteiger partial charge is 0.311 e. The van der Waals surface area contributed by atoms with Gasteiger partial charge in [-0.2, -0.15) is 0 Å². The van der Waals surface area contributed by atoms with Gasteiger partial charge in [-0.1, -0.05) is 13.8 Å². The minimum absolute atomic E-state index is 0.0659. The topological polar surface area (TPSA) is 93.5 Å². The third-order valence-corrected chi connectivity index (χ3v) is 2.89. The van der Waals surface area contributed by atoms with Gasteiger partial charge >= 0.3 is 5.69 Å². The van der Waals surface area contributed by atoms with E-state index in [0.717, 1.165) is 0 Å². The molecule has 7 nitrogen and oxygen atoms in total. The highest BCUT2D eigenvalue weighted by atomic mass is 16.6. The number of benzene rings is 1. The molecule has 110 valence electrons. The maximum Gasteiger partial charge on any atom is 0.311 e. The molecule has 1 atom stereocenters. The van der Waals surface area contributed by atoms with E-state index in [9.17, 15) is 14.9 Å². The van der Waals surface area contributed by atoms with Crippen molar-refractivity contribution in [3.63, 3.8) is 0 Å². The number of nitro groups is 1. The van der Waals surface area contributed by atoms with Crippen molar-refractivity contribution in [3.05, 3.63) is 28.3 Å². The number of nitrogens with one attached hydrogen (secondary N) is 2. The number of rotatable bonds is 6. The highest BCUT2D eigenvalue weighted by Crippen LogP contribution is 2.30. The van der Waals surface area contributed by atoms with Crippen molar-refractivity contribution in [1.82, 2.24) is 5.32 Å². The Morgan fingerprint density at radius 3 is 2.50 bits per heavy atom. The number of methoxy groups -OCH3 is 1. The van der Waals surface area contributed by atoms with E-state index < -0.39 is 11.0 Å². The largest absolute Gasteiger partial charge is 0.490 e. The second kappa shape index (κ2) is 6.74. The Labute approximate surface area is 117 Å². The van der Waals surface area contributed by atoms with E-state index in [2.05, 4.69) is 10.6 Å². The second-order valence-corrected chi connectivity index (χ2v) is 4.62. The zero-order valence-electron chi connectivity index (χ0n) is 12.0. The minimum Gasteiger partial charge on any atom is -0.490 e. The maximum atomic E-state index is 11.8. The number of carbonyl (C=O) groups excluding carboxylic acids is 1. The van der Waals surface area contributed by atoms with Crippen LogP contribution in [-0.2, 0) is 4.79 Å². The van der Waals surface area contributed by atoms with Gasteiger partial charge in [0, 0.05) is 24.9 Å². The zero-order valence-corrected chi connectivity index (χ0v) is 12.0. The van der Waals surface area contributed by atoms with Crippen molar-refractivity contribution in [2.24, 2.45) is 5.92 Å². The highest BCUT2D eigenvalue weighted by Gasteiger charge is 2.22. The van der Waals surface area contributed by atoms with E-state index in [1.807, 2.05) is 13.8 Å². The van der Waals surface area contributed by atoms with Gasteiger partial charge < -0.3 is 15.4 Å². The molecule has 1 unspecified atom stereocenters. The number of nitrogens with zero attached hydrogens (tertiary/aromatic N) is 1. The first-order valence-corrected chi connectivity index (χ1v) is 6.21. The first-order chi connectivity index (χ1) is 9.40. The van der Waals surface area contributed by atoms with Crippen LogP contribution in [0, 0.1) is 16.0 Å². The summed E-state index contributed by atoms with van der Waals surface area (Å²) in [5.41, 5.74) is 0.480. The van der Waals surface area contributed by atoms with E-state index in [0.29, 0.717) is 5.69 Å². The zero-order chi connectivity index (χ0) is 15.3. The van der Waals surface area contributed by atoms with Gasteiger partial charge in [0.1, 0.15) is 6.04 Å². The summed E-state index contributed by atoms with van der Waals surface area (Å²) in [7, 11) is 2.93. The van der Waals surface area contributed by atoms with Crippen LogP contribution in [-0.4, -0.2) is 31.0 Å². The summed E-state index contributed by atoms with van der Waals surface area (Å²) >= 11 is 0. The van der Waals surface area contributed by atoms with Crippen LogP contribution in [0.3, 0.4) is 0 Å². The first kappa shape index (κ1) is 15.7. The van der Waals surface area contributed by atoms with Crippen LogP contribution in [0.4, 0.5) is 11.4 Å². The number of nitro benzene ring substituents is 1. The van der Waals surface area contributed by atoms with E-state index in [4.69, 9.17) is 4.74 Å². The standard InChI is InChI=1S/C13H19N3O4/c1-8(2)12(13(17)14-3)15-9-5-6-10(16(18)19)11(7-9)20-4/h5-8,12,15H,1-4H3,(H,14,17). The summed E-state index contributed by atoms with van der Waals surface area (Å²) in [5.74, 6) is 0.0767. The van der Waals surface area contributed by atoms with Crippen LogP contribution in [0.5, 0.6) is 5.75 Å². The van der Waals surface area contributed by atoms with Gasteiger partial charge in [-0.3, -0.25) is 14.9 Å². The molecule has 20 heavy (non-hydrogen) atoms. The van der Waals surface area contributed by atoms with E-state index >= 15 is 0 Å². The molecule has 0 aliphatic carbocycles. The predicted octanol–water partition coefficient (Wildman–Crippen LogP) is 1.79. The minimum atomic E-state index is -0.513. The van der Waals surface area contributed by atoms with Gasteiger partial charge in [-0.25, -0.2) is 0 Å². The van der Waals surface area contributed by atoms with E-state index in [1.165, 1.54) is 19.2 Å². The Bertz CT molecular complexity index is 502. The molecule has 0 aliphatic rings. The number of amides is 1. The lowest BCUT2D eigenvalue weighted by Gasteiger charge is -2.22. The monoisotopic (exact) mass is 281 g/mol. The summed E-state index contributed by atoms with van der Waals surface area (Å²) in [6.07, 6.45) is 0. The Morgan fingerprint density at radius 1 is 1.40 bits per heavy atom. The second-order valence-electron chi connectivity index (χ2n) is 4.62. The lowest BCUT2D eigenvalue weighted by molar-refractivity contribution is -0.385. The number of hydrogen-bond acceptors (Lipinski definition) is 5. The van der Waals surface area contributed by atoms with E-state index in [1.54, 1.807) is 13.1 Å². The Hall–Kier alpha value is -2.31. The van der Waals surface area contributed by atoms with Gasteiger partial charge in [0.25, 0.3) is 0 Å². The molecule has 7 heteroatoms. The summed E-state index contributed by atoms with van der Waals surface area (Å²) in [6, 6.07) is 3.99. The Kier molecular flexibility index (Phi) is 5.31. The van der Waals surface area contributed by atoms with Crippen LogP contribution in [0.15, 0.2) is 18.2 Å². The molecule has 0 heterocycles. The van der Waals surface area contributed by atoms with Gasteiger partial charge in [-0.05, 0) is 12.0 Å². The van der Waals surface area contributed by atoms with Crippen molar-refractivity contribution in [3.8, 4) is 5.75 Å². The fourth-order valence-corrected chi connectivity index (χ4v) is 1.79. The summed E-state index contributed by atoms with van der Waals surface area (Å²) in [4.78, 5) is 22.1. The van der Waals surface area contributed by atoms with Crippen molar-refractivity contribution >= 4 is 17.3 Å². The quantitative estimate of drug-likeness (QED) is 0.612. The van der Waals surface area contributed by atoms with Crippen LogP contribution in [0.2, 0.25) is 0 Å². The van der Waals surface area contributed by atoms with Crippen LogP contribution >= 0.6 is 0 Å². The Morgan fingerprint density at radius 2 is 2.05 bits per heavy atom. The van der Waals surface area contributed by atoms with Gasteiger partial charge in [0.05, 0.1) is 12.0 Å². The molecule has 1 aromatic carbocycles. The summed E-state index contributed by atoms with van der Waals surface area (Å²) < 4.78 is 4.99. The van der Waals surface area contributed by atoms with Crippen molar-refractivity contribution in [2.45, 2.75) is 19.9 Å². The van der Waals surface area contributed by atoms with Crippen LogP contribution in [0.1, 0.15) is 13.8 Å². The van der Waals surface area contributed by atoms with Gasteiger partial charge in [0.15, 0.2) is 5.75 Å². The molecule has 1 aromatic rings. The predicted molar refractivity (Wildman–Crippen MR) is 76.0 cm³/mol. The molecular weight excluding hydrogens is 262 g/mol. The van der Waals surface area contributed by atoms with Crippen molar-refractivity contribution < 1.29 is 14.5 Å². The van der Waals surface area contributed by atoms with E-state index in [-0.39, 0.29) is 23.3 Å². The number of ether oxygens (including phenoxy) is 1. The fraction of sp³-hybridized carbons (Fsp3) is 0.462. The molecule has 2 N–H and O–H groups in total. The first-order valence-electron chi connectivity index (χ1n) is 6.21. The number of carbonyl (C=O) groups is 1. The normalized spacial score (nSPS) is 11.8. The third kappa shape index (κ3) is 3.59. The number of anilines is 1. The lowest BCUT2D eigenvalue weighted by Crippen LogP contribution is -2.41. The molecule has 0 radical (unpaired) electrons. The molecule has 0 saturated heterocycles. The maximum absolute atomic E-state index is 11.8. The fourth-order valence-electron chi connectivity index (χ4n) is 1.79. The lowest BCUT2D eigenvalue weighted by atomic mass is 10.0. The molecule has 0 saturated carbocycles. The van der Waals surface area contributed by atoms with Crippen LogP contribution < -0.4 is 15.4 Å². The van der Waals surface area contributed by atoms with Gasteiger partial charge in [-0.15, -0.1) is 0 Å². The Balaban J connectivity index is 3.02. The van der Waals surface area contributed by atoms with Crippen molar-refractivity contribution in [1.29, 1.82) is 0 Å². The molecule has 0 bridgehead atoms. The average Bonchev–Trinajstić information content (AvgIpc) is 2.42. The molecule has 1 amide bonds. The number of hydrogen-bond donors (Lipinski definition) is 2. The summed E-state index contributed by atoms with van der Waals surface area (Å²) in [6.45, 7) is 3.82. The molecule has 0 fully saturated rings.